The van der Waals surface area contributed by atoms with Gasteiger partial charge in [-0.3, -0.25) is 0 Å². The molecule has 0 spiro atoms. The molecule has 0 saturated carbocycles. The molecule has 0 atom stereocenters. The third-order valence-electron chi connectivity index (χ3n) is 3.04. The fraction of sp³-hybridized carbons (Fsp3) is 0.438. The third kappa shape index (κ3) is 5.36. The van der Waals surface area contributed by atoms with Crippen molar-refractivity contribution in [2.45, 2.75) is 39.2 Å². The number of carbonyl (C=O) groups excluding carboxylic acids is 1. The summed E-state index contributed by atoms with van der Waals surface area (Å²) in [6.45, 7) is 5.57. The molecule has 1 aromatic carbocycles. The lowest BCUT2D eigenvalue weighted by molar-refractivity contribution is -0.274. The minimum atomic E-state index is -4.73. The van der Waals surface area contributed by atoms with Crippen LogP contribution in [0, 0.1) is 0 Å². The number of hydrogen-bond acceptors (Lipinski definition) is 3. The SMILES string of the molecule is CC(C)(C)OC(=O)NCCc1c[nH]c2ccc(OC(F)(F)F)cc12. The summed E-state index contributed by atoms with van der Waals surface area (Å²) in [7, 11) is 0. The van der Waals surface area contributed by atoms with Crippen LogP contribution in [0.4, 0.5) is 18.0 Å². The highest BCUT2D eigenvalue weighted by molar-refractivity contribution is 5.84. The van der Waals surface area contributed by atoms with Crippen molar-refractivity contribution in [3.8, 4) is 5.75 Å². The molecule has 1 heterocycles. The van der Waals surface area contributed by atoms with Crippen molar-refractivity contribution >= 4 is 17.0 Å². The number of nitrogens with one attached hydrogen (secondary N) is 2. The summed E-state index contributed by atoms with van der Waals surface area (Å²) in [4.78, 5) is 14.5. The lowest BCUT2D eigenvalue weighted by atomic mass is 10.1. The van der Waals surface area contributed by atoms with E-state index in [4.69, 9.17) is 4.74 Å². The van der Waals surface area contributed by atoms with E-state index in [1.807, 2.05) is 0 Å². The van der Waals surface area contributed by atoms with E-state index in [1.54, 1.807) is 27.0 Å². The maximum absolute atomic E-state index is 12.3. The molecular formula is C16H19F3N2O3. The second-order valence-corrected chi connectivity index (χ2v) is 6.25. The molecule has 0 bridgehead atoms. The van der Waals surface area contributed by atoms with Crippen LogP contribution in [0.15, 0.2) is 24.4 Å². The van der Waals surface area contributed by atoms with Crippen LogP contribution in [0.3, 0.4) is 0 Å². The Labute approximate surface area is 137 Å². The number of H-pyrrole nitrogens is 1. The highest BCUT2D eigenvalue weighted by Gasteiger charge is 2.31. The molecular weight excluding hydrogens is 325 g/mol. The summed E-state index contributed by atoms with van der Waals surface area (Å²) in [5.41, 5.74) is 0.875. The van der Waals surface area contributed by atoms with Crippen LogP contribution in [0.1, 0.15) is 26.3 Å². The van der Waals surface area contributed by atoms with Gasteiger partial charge in [-0.15, -0.1) is 13.2 Å². The second-order valence-electron chi connectivity index (χ2n) is 6.25. The Morgan fingerprint density at radius 3 is 2.58 bits per heavy atom. The van der Waals surface area contributed by atoms with Gasteiger partial charge in [0.2, 0.25) is 0 Å². The van der Waals surface area contributed by atoms with Gasteiger partial charge in [0.05, 0.1) is 0 Å². The van der Waals surface area contributed by atoms with E-state index >= 15 is 0 Å². The summed E-state index contributed by atoms with van der Waals surface area (Å²) in [6, 6.07) is 4.08. The van der Waals surface area contributed by atoms with Gasteiger partial charge in [0, 0.05) is 23.6 Å². The van der Waals surface area contributed by atoms with Crippen LogP contribution in [0.2, 0.25) is 0 Å². The van der Waals surface area contributed by atoms with E-state index in [0.717, 1.165) is 5.56 Å². The quantitative estimate of drug-likeness (QED) is 0.876. The van der Waals surface area contributed by atoms with Gasteiger partial charge >= 0.3 is 12.5 Å². The molecule has 8 heteroatoms. The van der Waals surface area contributed by atoms with Crippen molar-refractivity contribution in [3.05, 3.63) is 30.0 Å². The molecule has 0 fully saturated rings. The van der Waals surface area contributed by atoms with E-state index in [9.17, 15) is 18.0 Å². The van der Waals surface area contributed by atoms with Gasteiger partial charge in [0.25, 0.3) is 0 Å². The molecule has 2 N–H and O–H groups in total. The number of halogens is 3. The monoisotopic (exact) mass is 344 g/mol. The van der Waals surface area contributed by atoms with E-state index in [1.165, 1.54) is 18.2 Å². The highest BCUT2D eigenvalue weighted by Crippen LogP contribution is 2.28. The Bertz CT molecular complexity index is 717. The summed E-state index contributed by atoms with van der Waals surface area (Å²) in [5, 5.41) is 3.22. The fourth-order valence-electron chi connectivity index (χ4n) is 2.17. The Balaban J connectivity index is 2.01. The van der Waals surface area contributed by atoms with E-state index in [-0.39, 0.29) is 5.75 Å². The second kappa shape index (κ2) is 6.62. The molecule has 24 heavy (non-hydrogen) atoms. The van der Waals surface area contributed by atoms with Crippen LogP contribution < -0.4 is 10.1 Å². The fourth-order valence-corrected chi connectivity index (χ4v) is 2.17. The Morgan fingerprint density at radius 2 is 1.96 bits per heavy atom. The van der Waals surface area contributed by atoms with E-state index in [0.29, 0.717) is 23.9 Å². The molecule has 1 amide bonds. The number of rotatable bonds is 4. The van der Waals surface area contributed by atoms with E-state index < -0.39 is 18.1 Å². The van der Waals surface area contributed by atoms with Crippen molar-refractivity contribution in [1.82, 2.24) is 10.3 Å². The first-order valence-corrected chi connectivity index (χ1v) is 7.36. The number of fused-ring (bicyclic) bond motifs is 1. The minimum absolute atomic E-state index is 0.282. The lowest BCUT2D eigenvalue weighted by Gasteiger charge is -2.19. The predicted octanol–water partition coefficient (Wildman–Crippen LogP) is 4.13. The maximum atomic E-state index is 12.3. The highest BCUT2D eigenvalue weighted by atomic mass is 19.4. The molecule has 0 aliphatic heterocycles. The maximum Gasteiger partial charge on any atom is 0.573 e. The van der Waals surface area contributed by atoms with Gasteiger partial charge in [-0.05, 0) is 51.0 Å². The van der Waals surface area contributed by atoms with Gasteiger partial charge in [0.1, 0.15) is 11.4 Å². The number of aromatic nitrogens is 1. The smallest absolute Gasteiger partial charge is 0.444 e. The molecule has 0 aliphatic rings. The predicted molar refractivity (Wildman–Crippen MR) is 82.9 cm³/mol. The van der Waals surface area contributed by atoms with Gasteiger partial charge in [-0.1, -0.05) is 0 Å². The van der Waals surface area contributed by atoms with Crippen molar-refractivity contribution in [3.63, 3.8) is 0 Å². The van der Waals surface area contributed by atoms with Crippen LogP contribution in [-0.2, 0) is 11.2 Å². The minimum Gasteiger partial charge on any atom is -0.444 e. The number of amides is 1. The molecule has 132 valence electrons. The van der Waals surface area contributed by atoms with Crippen molar-refractivity contribution < 1.29 is 27.4 Å². The molecule has 2 rings (SSSR count). The van der Waals surface area contributed by atoms with Crippen molar-refractivity contribution in [1.29, 1.82) is 0 Å². The van der Waals surface area contributed by atoms with Gasteiger partial charge < -0.3 is 19.8 Å². The molecule has 0 aliphatic carbocycles. The Hall–Kier alpha value is -2.38. The first-order valence-electron chi connectivity index (χ1n) is 7.36. The zero-order valence-corrected chi connectivity index (χ0v) is 13.6. The molecule has 0 saturated heterocycles. The average molecular weight is 344 g/mol. The number of benzene rings is 1. The first-order chi connectivity index (χ1) is 11.0. The summed E-state index contributed by atoms with van der Waals surface area (Å²) in [6.07, 6.45) is -3.14. The first kappa shape index (κ1) is 18.0. The van der Waals surface area contributed by atoms with Crippen molar-refractivity contribution in [2.24, 2.45) is 0 Å². The number of aromatic amines is 1. The van der Waals surface area contributed by atoms with Gasteiger partial charge in [0.15, 0.2) is 0 Å². The zero-order valence-electron chi connectivity index (χ0n) is 13.6. The Morgan fingerprint density at radius 1 is 1.25 bits per heavy atom. The number of alkyl halides is 3. The summed E-state index contributed by atoms with van der Waals surface area (Å²) >= 11 is 0. The van der Waals surface area contributed by atoms with Crippen LogP contribution in [0.25, 0.3) is 10.9 Å². The topological polar surface area (TPSA) is 63.3 Å². The normalized spacial score (nSPS) is 12.2. The number of carbonyl (C=O) groups is 1. The van der Waals surface area contributed by atoms with Crippen LogP contribution in [-0.4, -0.2) is 29.6 Å². The van der Waals surface area contributed by atoms with Crippen LogP contribution in [0.5, 0.6) is 5.75 Å². The summed E-state index contributed by atoms with van der Waals surface area (Å²) < 4.78 is 46.0. The van der Waals surface area contributed by atoms with E-state index in [2.05, 4.69) is 15.0 Å². The third-order valence-corrected chi connectivity index (χ3v) is 3.04. The molecule has 0 unspecified atom stereocenters. The number of alkyl carbamates (subject to hydrolysis) is 1. The largest absolute Gasteiger partial charge is 0.573 e. The van der Waals surface area contributed by atoms with Crippen molar-refractivity contribution in [2.75, 3.05) is 6.54 Å². The lowest BCUT2D eigenvalue weighted by Crippen LogP contribution is -2.33. The molecule has 0 radical (unpaired) electrons. The molecule has 5 nitrogen and oxygen atoms in total. The zero-order chi connectivity index (χ0) is 18.0. The van der Waals surface area contributed by atoms with Crippen LogP contribution >= 0.6 is 0 Å². The molecule has 1 aromatic heterocycles. The number of ether oxygens (including phenoxy) is 2. The Kier molecular flexibility index (Phi) is 4.96. The average Bonchev–Trinajstić information content (AvgIpc) is 2.77. The van der Waals surface area contributed by atoms with Gasteiger partial charge in [-0.2, -0.15) is 0 Å². The van der Waals surface area contributed by atoms with Gasteiger partial charge in [-0.25, -0.2) is 4.79 Å². The standard InChI is InChI=1S/C16H19F3N2O3/c1-15(2,3)24-14(22)20-7-6-10-9-21-13-5-4-11(8-12(10)13)23-16(17,18)19/h4-5,8-9,21H,6-7H2,1-3H3,(H,20,22). The molecule has 2 aromatic rings. The summed E-state index contributed by atoms with van der Waals surface area (Å²) in [5.74, 6) is -0.282. The number of hydrogen-bond donors (Lipinski definition) is 2.